The quantitative estimate of drug-likeness (QED) is 0.325. The highest BCUT2D eigenvalue weighted by Gasteiger charge is 2.11. The lowest BCUT2D eigenvalue weighted by Gasteiger charge is -2.09. The number of fused-ring (bicyclic) bond motifs is 1. The number of rotatable bonds is 7. The maximum atomic E-state index is 10.3. The number of hydrogen-bond donors (Lipinski definition) is 3. The van der Waals surface area contributed by atoms with Crippen molar-refractivity contribution in [3.05, 3.63) is 59.3 Å². The summed E-state index contributed by atoms with van der Waals surface area (Å²) in [6.07, 6.45) is 2.13. The van der Waals surface area contributed by atoms with Crippen molar-refractivity contribution in [3.63, 3.8) is 0 Å². The van der Waals surface area contributed by atoms with E-state index >= 15 is 0 Å². The van der Waals surface area contributed by atoms with E-state index in [9.17, 15) is 10.4 Å². The number of ether oxygens (including phenoxy) is 2. The molecule has 0 saturated heterocycles. The van der Waals surface area contributed by atoms with Crippen LogP contribution in [-0.4, -0.2) is 36.7 Å². The number of nitriles is 1. The van der Waals surface area contributed by atoms with Crippen molar-refractivity contribution < 1.29 is 14.6 Å². The van der Waals surface area contributed by atoms with Crippen LogP contribution in [0.3, 0.4) is 0 Å². The van der Waals surface area contributed by atoms with Gasteiger partial charge >= 0.3 is 0 Å². The van der Waals surface area contributed by atoms with Crippen molar-refractivity contribution in [2.24, 2.45) is 10.7 Å². The fourth-order valence-corrected chi connectivity index (χ4v) is 2.99. The Morgan fingerprint density at radius 2 is 1.97 bits per heavy atom. The highest BCUT2D eigenvalue weighted by molar-refractivity contribution is 6.05. The van der Waals surface area contributed by atoms with Crippen LogP contribution in [0.25, 0.3) is 17.0 Å². The minimum atomic E-state index is 0.0754. The van der Waals surface area contributed by atoms with Gasteiger partial charge in [0.05, 0.1) is 25.5 Å². The highest BCUT2D eigenvalue weighted by atomic mass is 16.5. The molecule has 29 heavy (non-hydrogen) atoms. The molecule has 0 spiro atoms. The molecule has 2 aromatic carbocycles. The normalized spacial score (nSPS) is 12.0. The zero-order valence-corrected chi connectivity index (χ0v) is 16.3. The van der Waals surface area contributed by atoms with Crippen LogP contribution < -0.4 is 15.2 Å². The number of nitrogens with one attached hydrogen (secondary N) is 1. The molecule has 0 amide bonds. The lowest BCUT2D eigenvalue weighted by molar-refractivity contribution is 0.354. The number of aliphatic imine (C=N–C) groups is 1. The van der Waals surface area contributed by atoms with Crippen LogP contribution in [0, 0.1) is 11.3 Å². The third kappa shape index (κ3) is 4.33. The van der Waals surface area contributed by atoms with Gasteiger partial charge in [-0.05, 0) is 42.3 Å². The van der Waals surface area contributed by atoms with Gasteiger partial charge in [-0.15, -0.1) is 0 Å². The van der Waals surface area contributed by atoms with E-state index in [1.165, 1.54) is 6.08 Å². The van der Waals surface area contributed by atoms with E-state index in [0.717, 1.165) is 11.1 Å². The largest absolute Gasteiger partial charge is 0.505 e. The summed E-state index contributed by atoms with van der Waals surface area (Å²) in [5, 5.41) is 20.5. The van der Waals surface area contributed by atoms with Gasteiger partial charge in [0.1, 0.15) is 17.7 Å². The minimum absolute atomic E-state index is 0.0754. The highest BCUT2D eigenvalue weighted by Crippen LogP contribution is 2.30. The number of aromatic nitrogens is 1. The van der Waals surface area contributed by atoms with Crippen LogP contribution in [-0.2, 0) is 6.42 Å². The topological polar surface area (TPSA) is 117 Å². The molecule has 1 heterocycles. The molecular weight excluding hydrogens is 368 g/mol. The zero-order valence-electron chi connectivity index (χ0n) is 16.3. The molecule has 0 radical (unpaired) electrons. The SMILES string of the molecule is COc1ccc(CCN=C(N)C(C#N)=Cc2[nH]c3ccccc3c2O)cc1OC. The van der Waals surface area contributed by atoms with Crippen LogP contribution in [0.4, 0.5) is 0 Å². The summed E-state index contributed by atoms with van der Waals surface area (Å²) in [6.45, 7) is 0.402. The van der Waals surface area contributed by atoms with Gasteiger partial charge in [0, 0.05) is 17.4 Å². The van der Waals surface area contributed by atoms with Crippen LogP contribution in [0.1, 0.15) is 11.3 Å². The van der Waals surface area contributed by atoms with Crippen molar-refractivity contribution in [1.29, 1.82) is 5.26 Å². The first-order chi connectivity index (χ1) is 14.1. The molecule has 1 aromatic heterocycles. The molecule has 0 aliphatic heterocycles. The van der Waals surface area contributed by atoms with E-state index < -0.39 is 0 Å². The van der Waals surface area contributed by atoms with Gasteiger partial charge in [-0.1, -0.05) is 18.2 Å². The fraction of sp³-hybridized carbons (Fsp3) is 0.182. The smallest absolute Gasteiger partial charge is 0.160 e. The molecule has 0 aliphatic rings. The molecule has 0 bridgehead atoms. The molecule has 3 rings (SSSR count). The third-order valence-corrected chi connectivity index (χ3v) is 4.52. The fourth-order valence-electron chi connectivity index (χ4n) is 2.99. The Bertz CT molecular complexity index is 1120. The van der Waals surface area contributed by atoms with Gasteiger partial charge in [0.25, 0.3) is 0 Å². The number of para-hydroxylation sites is 1. The lowest BCUT2D eigenvalue weighted by Crippen LogP contribution is -2.15. The number of H-pyrrole nitrogens is 1. The lowest BCUT2D eigenvalue weighted by atomic mass is 10.1. The average Bonchev–Trinajstić information content (AvgIpc) is 3.07. The number of nitrogens with two attached hydrogens (primary N) is 1. The van der Waals surface area contributed by atoms with Crippen molar-refractivity contribution in [2.75, 3.05) is 20.8 Å². The number of amidine groups is 1. The minimum Gasteiger partial charge on any atom is -0.505 e. The van der Waals surface area contributed by atoms with Gasteiger partial charge in [0.15, 0.2) is 11.5 Å². The summed E-state index contributed by atoms with van der Waals surface area (Å²) in [5.74, 6) is 1.50. The molecular formula is C22H22N4O3. The Kier molecular flexibility index (Phi) is 6.05. The summed E-state index contributed by atoms with van der Waals surface area (Å²) in [4.78, 5) is 7.38. The van der Waals surface area contributed by atoms with Crippen LogP contribution >= 0.6 is 0 Å². The average molecular weight is 390 g/mol. The van der Waals surface area contributed by atoms with Crippen molar-refractivity contribution in [1.82, 2.24) is 4.98 Å². The number of aromatic hydroxyl groups is 1. The van der Waals surface area contributed by atoms with E-state index in [2.05, 4.69) is 9.98 Å². The number of hydrogen-bond acceptors (Lipinski definition) is 5. The Balaban J connectivity index is 1.76. The van der Waals surface area contributed by atoms with Gasteiger partial charge in [-0.3, -0.25) is 4.99 Å². The van der Waals surface area contributed by atoms with E-state index in [-0.39, 0.29) is 17.2 Å². The van der Waals surface area contributed by atoms with Crippen molar-refractivity contribution >= 4 is 22.8 Å². The predicted molar refractivity (Wildman–Crippen MR) is 113 cm³/mol. The van der Waals surface area contributed by atoms with E-state index in [1.54, 1.807) is 20.3 Å². The molecule has 4 N–H and O–H groups in total. The van der Waals surface area contributed by atoms with Gasteiger partial charge in [-0.2, -0.15) is 5.26 Å². The molecule has 0 atom stereocenters. The maximum Gasteiger partial charge on any atom is 0.160 e. The molecule has 0 aliphatic carbocycles. The molecule has 148 valence electrons. The van der Waals surface area contributed by atoms with Gasteiger partial charge < -0.3 is 25.3 Å². The first kappa shape index (κ1) is 19.8. The third-order valence-electron chi connectivity index (χ3n) is 4.52. The maximum absolute atomic E-state index is 10.3. The van der Waals surface area contributed by atoms with Crippen LogP contribution in [0.15, 0.2) is 53.0 Å². The summed E-state index contributed by atoms with van der Waals surface area (Å²) < 4.78 is 10.5. The summed E-state index contributed by atoms with van der Waals surface area (Å²) >= 11 is 0. The molecule has 0 saturated carbocycles. The molecule has 0 unspecified atom stereocenters. The second kappa shape index (κ2) is 8.85. The standard InChI is InChI=1S/C22H22N4O3/c1-28-19-8-7-14(11-20(19)29-2)9-10-25-22(24)15(13-23)12-18-21(27)16-5-3-4-6-17(16)26-18/h3-8,11-12,26-27H,9-10H2,1-2H3,(H2,24,25). The van der Waals surface area contributed by atoms with Crippen molar-refractivity contribution in [3.8, 4) is 23.3 Å². The molecule has 0 fully saturated rings. The number of methoxy groups -OCH3 is 2. The second-order valence-electron chi connectivity index (χ2n) is 6.31. The molecule has 7 heteroatoms. The Hall–Kier alpha value is -3.92. The van der Waals surface area contributed by atoms with Crippen molar-refractivity contribution in [2.45, 2.75) is 6.42 Å². The number of nitrogens with zero attached hydrogens (tertiary/aromatic N) is 2. The summed E-state index contributed by atoms with van der Waals surface area (Å²) in [7, 11) is 3.17. The van der Waals surface area contributed by atoms with E-state index in [1.807, 2.05) is 42.5 Å². The Morgan fingerprint density at radius 1 is 1.21 bits per heavy atom. The van der Waals surface area contributed by atoms with E-state index in [0.29, 0.717) is 35.5 Å². The first-order valence-electron chi connectivity index (χ1n) is 9.00. The van der Waals surface area contributed by atoms with Crippen LogP contribution in [0.5, 0.6) is 17.2 Å². The van der Waals surface area contributed by atoms with Crippen LogP contribution in [0.2, 0.25) is 0 Å². The predicted octanol–water partition coefficient (Wildman–Crippen LogP) is 3.40. The number of aromatic amines is 1. The second-order valence-corrected chi connectivity index (χ2v) is 6.31. The van der Waals surface area contributed by atoms with Gasteiger partial charge in [0.2, 0.25) is 0 Å². The van der Waals surface area contributed by atoms with Gasteiger partial charge in [-0.25, -0.2) is 0 Å². The summed E-state index contributed by atoms with van der Waals surface area (Å²) in [5.41, 5.74) is 8.39. The molecule has 7 nitrogen and oxygen atoms in total. The Morgan fingerprint density at radius 3 is 2.66 bits per heavy atom. The number of benzene rings is 2. The Labute approximate surface area is 168 Å². The first-order valence-corrected chi connectivity index (χ1v) is 9.00. The monoisotopic (exact) mass is 390 g/mol. The zero-order chi connectivity index (χ0) is 20.8. The summed E-state index contributed by atoms with van der Waals surface area (Å²) in [6, 6.07) is 15.0. The van der Waals surface area contributed by atoms with E-state index in [4.69, 9.17) is 15.2 Å². The molecule has 3 aromatic rings.